The number of hydrogen-bond acceptors (Lipinski definition) is 4. The largest absolute Gasteiger partial charge is 0.496 e. The number of benzene rings is 3. The third kappa shape index (κ3) is 4.44. The van der Waals surface area contributed by atoms with E-state index in [0.29, 0.717) is 5.75 Å². The number of hydrogen-bond donors (Lipinski definition) is 1. The van der Waals surface area contributed by atoms with E-state index >= 15 is 0 Å². The van der Waals surface area contributed by atoms with Crippen molar-refractivity contribution in [3.63, 3.8) is 0 Å². The quantitative estimate of drug-likeness (QED) is 0.410. The molecule has 1 unspecified atom stereocenters. The van der Waals surface area contributed by atoms with Crippen LogP contribution in [-0.2, 0) is 29.7 Å². The molecule has 0 radical (unpaired) electrons. The Labute approximate surface area is 213 Å². The van der Waals surface area contributed by atoms with Crippen molar-refractivity contribution in [1.29, 1.82) is 0 Å². The van der Waals surface area contributed by atoms with E-state index in [2.05, 4.69) is 5.32 Å². The number of nitrogens with zero attached hydrogens (tertiary/aromatic N) is 2. The van der Waals surface area contributed by atoms with Crippen molar-refractivity contribution in [3.05, 3.63) is 95.3 Å². The first-order chi connectivity index (χ1) is 17.5. The maximum Gasteiger partial charge on any atom is 0.247 e. The number of aromatic nitrogens is 1. The van der Waals surface area contributed by atoms with E-state index in [4.69, 9.17) is 4.74 Å². The Morgan fingerprint density at radius 3 is 2.58 bits per heavy atom. The monoisotopic (exact) mass is 503 g/mol. The number of aryl methyl sites for hydroxylation is 1. The summed E-state index contributed by atoms with van der Waals surface area (Å²) in [5.74, 6) is 0.103. The summed E-state index contributed by atoms with van der Waals surface area (Å²) < 4.78 is 21.0. The van der Waals surface area contributed by atoms with E-state index in [1.807, 2.05) is 60.1 Å². The number of thioether (sulfide) groups is 1. The first kappa shape index (κ1) is 23.9. The van der Waals surface area contributed by atoms with Crippen molar-refractivity contribution in [3.8, 4) is 5.75 Å². The summed E-state index contributed by atoms with van der Waals surface area (Å²) >= 11 is 1.44. The lowest BCUT2D eigenvalue weighted by Gasteiger charge is -2.30. The van der Waals surface area contributed by atoms with Crippen molar-refractivity contribution in [2.45, 2.75) is 24.2 Å². The van der Waals surface area contributed by atoms with E-state index in [9.17, 15) is 14.0 Å². The highest BCUT2D eigenvalue weighted by molar-refractivity contribution is 8.00. The molecular weight excluding hydrogens is 477 g/mol. The second-order valence-electron chi connectivity index (χ2n) is 8.66. The number of nitrogens with one attached hydrogen (secondary N) is 1. The van der Waals surface area contributed by atoms with Gasteiger partial charge in [-0.15, -0.1) is 0 Å². The standard InChI is InChI=1S/C28H26FN3O3S/c1-31-22-9-5-4-8-21(22)25-26(27(34)30-15-19-7-3-6-10-23(19)35-2)32(24(33)17-36-28(25)31)16-18-11-13-20(29)14-12-18/h3-14,26H,15-17H2,1-2H3,(H,30,34). The van der Waals surface area contributed by atoms with Gasteiger partial charge in [0.05, 0.1) is 17.9 Å². The molecule has 1 atom stereocenters. The van der Waals surface area contributed by atoms with Gasteiger partial charge in [0.25, 0.3) is 0 Å². The minimum atomic E-state index is -0.853. The molecule has 8 heteroatoms. The summed E-state index contributed by atoms with van der Waals surface area (Å²) in [5.41, 5.74) is 3.39. The maximum atomic E-state index is 13.9. The van der Waals surface area contributed by atoms with Crippen LogP contribution in [0, 0.1) is 5.82 Å². The molecule has 184 valence electrons. The van der Waals surface area contributed by atoms with Crippen molar-refractivity contribution < 1.29 is 18.7 Å². The fourth-order valence-electron chi connectivity index (χ4n) is 4.72. The molecule has 1 N–H and O–H groups in total. The van der Waals surface area contributed by atoms with Crippen molar-refractivity contribution in [2.24, 2.45) is 7.05 Å². The van der Waals surface area contributed by atoms with Crippen LogP contribution in [0.5, 0.6) is 5.75 Å². The fraction of sp³-hybridized carbons (Fsp3) is 0.214. The number of carbonyl (C=O) groups excluding carboxylic acids is 2. The molecular formula is C28H26FN3O3S. The van der Waals surface area contributed by atoms with Crippen LogP contribution in [-0.4, -0.2) is 34.1 Å². The summed E-state index contributed by atoms with van der Waals surface area (Å²) in [5, 5.41) is 4.86. The van der Waals surface area contributed by atoms with Crippen molar-refractivity contribution >= 4 is 34.5 Å². The average molecular weight is 504 g/mol. The van der Waals surface area contributed by atoms with Crippen LogP contribution < -0.4 is 10.1 Å². The second-order valence-corrected chi connectivity index (χ2v) is 9.63. The number of methoxy groups -OCH3 is 1. The summed E-state index contributed by atoms with van der Waals surface area (Å²) in [6.45, 7) is 0.445. The molecule has 36 heavy (non-hydrogen) atoms. The van der Waals surface area contributed by atoms with Crippen LogP contribution in [0.25, 0.3) is 10.9 Å². The van der Waals surface area contributed by atoms with Crippen molar-refractivity contribution in [1.82, 2.24) is 14.8 Å². The third-order valence-corrected chi connectivity index (χ3v) is 7.65. The highest BCUT2D eigenvalue weighted by Crippen LogP contribution is 2.42. The van der Waals surface area contributed by atoms with Gasteiger partial charge < -0.3 is 19.5 Å². The van der Waals surface area contributed by atoms with Crippen LogP contribution in [0.3, 0.4) is 0 Å². The van der Waals surface area contributed by atoms with E-state index in [0.717, 1.165) is 32.6 Å². The molecule has 0 saturated carbocycles. The predicted octanol–water partition coefficient (Wildman–Crippen LogP) is 4.82. The second kappa shape index (κ2) is 10.1. The lowest BCUT2D eigenvalue weighted by Crippen LogP contribution is -2.43. The summed E-state index contributed by atoms with van der Waals surface area (Å²) in [4.78, 5) is 28.9. The average Bonchev–Trinajstić information content (AvgIpc) is 3.09. The molecule has 6 nitrogen and oxygen atoms in total. The van der Waals surface area contributed by atoms with Gasteiger partial charge in [0.2, 0.25) is 11.8 Å². The maximum absolute atomic E-state index is 13.9. The third-order valence-electron chi connectivity index (χ3n) is 6.49. The first-order valence-corrected chi connectivity index (χ1v) is 12.6. The Balaban J connectivity index is 1.58. The van der Waals surface area contributed by atoms with E-state index in [1.54, 1.807) is 24.1 Å². The molecule has 1 aliphatic heterocycles. The van der Waals surface area contributed by atoms with E-state index in [-0.39, 0.29) is 36.5 Å². The number of rotatable bonds is 6. The van der Waals surface area contributed by atoms with Gasteiger partial charge in [-0.25, -0.2) is 4.39 Å². The zero-order valence-electron chi connectivity index (χ0n) is 20.0. The summed E-state index contributed by atoms with van der Waals surface area (Å²) in [7, 11) is 3.55. The van der Waals surface area contributed by atoms with Gasteiger partial charge in [0.1, 0.15) is 17.6 Å². The SMILES string of the molecule is COc1ccccc1CNC(=O)C1c2c(n(C)c3ccccc23)SCC(=O)N1Cc1ccc(F)cc1. The van der Waals surface area contributed by atoms with Crippen LogP contribution in [0.4, 0.5) is 4.39 Å². The molecule has 0 aliphatic carbocycles. The number of carbonyl (C=O) groups is 2. The van der Waals surface area contributed by atoms with E-state index < -0.39 is 6.04 Å². The number of para-hydroxylation sites is 2. The molecule has 4 aromatic rings. The van der Waals surface area contributed by atoms with Gasteiger partial charge >= 0.3 is 0 Å². The molecule has 3 aromatic carbocycles. The molecule has 0 saturated heterocycles. The lowest BCUT2D eigenvalue weighted by atomic mass is 10.0. The minimum Gasteiger partial charge on any atom is -0.496 e. The normalized spacial score (nSPS) is 15.5. The first-order valence-electron chi connectivity index (χ1n) is 11.6. The van der Waals surface area contributed by atoms with Crippen LogP contribution in [0.15, 0.2) is 77.8 Å². The molecule has 0 bridgehead atoms. The highest BCUT2D eigenvalue weighted by atomic mass is 32.2. The molecule has 2 heterocycles. The smallest absolute Gasteiger partial charge is 0.247 e. The zero-order chi connectivity index (χ0) is 25.2. The minimum absolute atomic E-state index is 0.151. The number of fused-ring (bicyclic) bond motifs is 3. The Bertz CT molecular complexity index is 1430. The Hall–Kier alpha value is -3.78. The van der Waals surface area contributed by atoms with Gasteiger partial charge in [0, 0.05) is 42.2 Å². The molecule has 5 rings (SSSR count). The molecule has 1 aliphatic rings. The molecule has 0 fully saturated rings. The molecule has 0 spiro atoms. The number of ether oxygens (including phenoxy) is 1. The molecule has 2 amide bonds. The van der Waals surface area contributed by atoms with Crippen molar-refractivity contribution in [2.75, 3.05) is 12.9 Å². The zero-order valence-corrected chi connectivity index (χ0v) is 20.8. The summed E-state index contributed by atoms with van der Waals surface area (Å²) in [6.07, 6.45) is 0. The van der Waals surface area contributed by atoms with Gasteiger partial charge in [-0.2, -0.15) is 0 Å². The topological polar surface area (TPSA) is 63.6 Å². The lowest BCUT2D eigenvalue weighted by molar-refractivity contribution is -0.139. The van der Waals surface area contributed by atoms with Gasteiger partial charge in [-0.3, -0.25) is 9.59 Å². The fourth-order valence-corrected chi connectivity index (χ4v) is 5.81. The Morgan fingerprint density at radius 2 is 1.81 bits per heavy atom. The van der Waals surface area contributed by atoms with Gasteiger partial charge in [-0.1, -0.05) is 60.3 Å². The van der Waals surface area contributed by atoms with E-state index in [1.165, 1.54) is 23.9 Å². The summed E-state index contributed by atoms with van der Waals surface area (Å²) in [6, 6.07) is 20.6. The molecule has 1 aromatic heterocycles. The van der Waals surface area contributed by atoms with Crippen LogP contribution in [0.1, 0.15) is 22.7 Å². The van der Waals surface area contributed by atoms with Gasteiger partial charge in [0.15, 0.2) is 0 Å². The number of amides is 2. The highest BCUT2D eigenvalue weighted by Gasteiger charge is 2.38. The Kier molecular flexibility index (Phi) is 6.69. The van der Waals surface area contributed by atoms with Crippen LogP contribution in [0.2, 0.25) is 0 Å². The predicted molar refractivity (Wildman–Crippen MR) is 138 cm³/mol. The van der Waals surface area contributed by atoms with Gasteiger partial charge in [-0.05, 0) is 29.8 Å². The van der Waals surface area contributed by atoms with Crippen LogP contribution >= 0.6 is 11.8 Å². The number of halogens is 1. The Morgan fingerprint density at radius 1 is 1.08 bits per heavy atom.